The molecule has 3 N–H and O–H groups in total. The summed E-state index contributed by atoms with van der Waals surface area (Å²) < 4.78 is 5.08. The summed E-state index contributed by atoms with van der Waals surface area (Å²) in [6.07, 6.45) is 0. The van der Waals surface area contributed by atoms with Crippen LogP contribution in [0.1, 0.15) is 29.8 Å². The lowest BCUT2D eigenvalue weighted by Gasteiger charge is -2.17. The fourth-order valence-electron chi connectivity index (χ4n) is 1.94. The summed E-state index contributed by atoms with van der Waals surface area (Å²) in [5, 5.41) is 9.24. The van der Waals surface area contributed by atoms with Gasteiger partial charge >= 0.3 is 0 Å². The van der Waals surface area contributed by atoms with Crippen LogP contribution in [0.2, 0.25) is 0 Å². The van der Waals surface area contributed by atoms with Gasteiger partial charge < -0.3 is 20.7 Å². The molecule has 0 saturated carbocycles. The van der Waals surface area contributed by atoms with Crippen molar-refractivity contribution in [1.29, 1.82) is 0 Å². The molecule has 1 atom stereocenters. The monoisotopic (exact) mass is 306 g/mol. The Balaban J connectivity index is 2.51. The van der Waals surface area contributed by atoms with Gasteiger partial charge in [-0.1, -0.05) is 12.1 Å². The summed E-state index contributed by atoms with van der Waals surface area (Å²) in [4.78, 5) is 15.9. The second kappa shape index (κ2) is 9.78. The highest BCUT2D eigenvalue weighted by molar-refractivity contribution is 5.94. The van der Waals surface area contributed by atoms with Crippen molar-refractivity contribution in [2.45, 2.75) is 26.4 Å². The standard InChI is InChI=1S/C16H26N4O2/c1-5-18-15(21)14-8-6-13(7-9-14)10-19-16(17-3)20-12(2)11-22-4/h6-9,12H,5,10-11H2,1-4H3,(H,18,21)(H2,17,19,20). The van der Waals surface area contributed by atoms with Crippen LogP contribution in [0.5, 0.6) is 0 Å². The molecule has 0 fully saturated rings. The second-order valence-electron chi connectivity index (χ2n) is 4.98. The van der Waals surface area contributed by atoms with Crippen LogP contribution in [-0.2, 0) is 11.3 Å². The number of carbonyl (C=O) groups excluding carboxylic acids is 1. The molecule has 0 aromatic heterocycles. The Bertz CT molecular complexity index is 485. The molecule has 122 valence electrons. The Hall–Kier alpha value is -2.08. The van der Waals surface area contributed by atoms with Crippen LogP contribution in [0.3, 0.4) is 0 Å². The van der Waals surface area contributed by atoms with Gasteiger partial charge in [0.15, 0.2) is 5.96 Å². The van der Waals surface area contributed by atoms with E-state index in [-0.39, 0.29) is 11.9 Å². The maximum absolute atomic E-state index is 11.7. The van der Waals surface area contributed by atoms with Crippen molar-refractivity contribution in [3.05, 3.63) is 35.4 Å². The van der Waals surface area contributed by atoms with Crippen LogP contribution >= 0.6 is 0 Å². The molecule has 1 unspecified atom stereocenters. The first-order valence-corrected chi connectivity index (χ1v) is 7.44. The van der Waals surface area contributed by atoms with Gasteiger partial charge in [-0.3, -0.25) is 9.79 Å². The lowest BCUT2D eigenvalue weighted by molar-refractivity contribution is 0.0956. The number of guanidine groups is 1. The highest BCUT2D eigenvalue weighted by atomic mass is 16.5. The minimum Gasteiger partial charge on any atom is -0.383 e. The first kappa shape index (κ1) is 18.0. The molecule has 1 aromatic rings. The van der Waals surface area contributed by atoms with E-state index in [2.05, 4.69) is 20.9 Å². The summed E-state index contributed by atoms with van der Waals surface area (Å²) in [7, 11) is 3.40. The fourth-order valence-corrected chi connectivity index (χ4v) is 1.94. The van der Waals surface area contributed by atoms with Gasteiger partial charge in [-0.15, -0.1) is 0 Å². The van der Waals surface area contributed by atoms with E-state index in [4.69, 9.17) is 4.74 Å². The van der Waals surface area contributed by atoms with Crippen LogP contribution in [0, 0.1) is 0 Å². The maximum Gasteiger partial charge on any atom is 0.251 e. The van der Waals surface area contributed by atoms with E-state index in [1.54, 1.807) is 14.2 Å². The van der Waals surface area contributed by atoms with Crippen molar-refractivity contribution in [3.8, 4) is 0 Å². The molecule has 0 bridgehead atoms. The van der Waals surface area contributed by atoms with Crippen LogP contribution in [0.4, 0.5) is 0 Å². The number of methoxy groups -OCH3 is 1. The van der Waals surface area contributed by atoms with E-state index in [1.807, 2.05) is 38.1 Å². The zero-order valence-corrected chi connectivity index (χ0v) is 13.8. The van der Waals surface area contributed by atoms with Gasteiger partial charge in [0.1, 0.15) is 0 Å². The molecule has 0 heterocycles. The number of rotatable bonds is 7. The van der Waals surface area contributed by atoms with E-state index >= 15 is 0 Å². The van der Waals surface area contributed by atoms with Crippen LogP contribution in [0.25, 0.3) is 0 Å². The molecule has 22 heavy (non-hydrogen) atoms. The summed E-state index contributed by atoms with van der Waals surface area (Å²) in [5.74, 6) is 0.672. The van der Waals surface area contributed by atoms with Crippen molar-refractivity contribution in [2.24, 2.45) is 4.99 Å². The molecule has 6 heteroatoms. The first-order chi connectivity index (χ1) is 10.6. The number of ether oxygens (including phenoxy) is 1. The zero-order valence-electron chi connectivity index (χ0n) is 13.8. The van der Waals surface area contributed by atoms with Crippen LogP contribution < -0.4 is 16.0 Å². The Morgan fingerprint density at radius 3 is 2.50 bits per heavy atom. The van der Waals surface area contributed by atoms with Crippen molar-refractivity contribution in [1.82, 2.24) is 16.0 Å². The number of hydrogen-bond acceptors (Lipinski definition) is 3. The Labute approximate surface area is 132 Å². The minimum absolute atomic E-state index is 0.0483. The molecule has 0 aliphatic heterocycles. The predicted octanol–water partition coefficient (Wildman–Crippen LogP) is 1.14. The number of aliphatic imine (C=N–C) groups is 1. The van der Waals surface area contributed by atoms with Crippen LogP contribution in [-0.4, -0.2) is 45.2 Å². The number of hydrogen-bond donors (Lipinski definition) is 3. The minimum atomic E-state index is -0.0483. The smallest absolute Gasteiger partial charge is 0.251 e. The Morgan fingerprint density at radius 1 is 1.27 bits per heavy atom. The first-order valence-electron chi connectivity index (χ1n) is 7.44. The Kier molecular flexibility index (Phi) is 7.99. The highest BCUT2D eigenvalue weighted by Gasteiger charge is 2.06. The van der Waals surface area contributed by atoms with Gasteiger partial charge in [0.25, 0.3) is 5.91 Å². The van der Waals surface area contributed by atoms with Crippen molar-refractivity contribution >= 4 is 11.9 Å². The lowest BCUT2D eigenvalue weighted by Crippen LogP contribution is -2.43. The van der Waals surface area contributed by atoms with Gasteiger partial charge in [-0.2, -0.15) is 0 Å². The van der Waals surface area contributed by atoms with Crippen molar-refractivity contribution in [3.63, 3.8) is 0 Å². The molecular formula is C16H26N4O2. The quantitative estimate of drug-likeness (QED) is 0.521. The van der Waals surface area contributed by atoms with Crippen LogP contribution in [0.15, 0.2) is 29.3 Å². The number of carbonyl (C=O) groups is 1. The molecule has 0 spiro atoms. The van der Waals surface area contributed by atoms with Gasteiger partial charge in [0.05, 0.1) is 6.61 Å². The van der Waals surface area contributed by atoms with Gasteiger partial charge in [-0.05, 0) is 31.5 Å². The molecule has 6 nitrogen and oxygen atoms in total. The third-order valence-electron chi connectivity index (χ3n) is 3.04. The van der Waals surface area contributed by atoms with Gasteiger partial charge in [-0.25, -0.2) is 0 Å². The molecular weight excluding hydrogens is 280 g/mol. The normalized spacial score (nSPS) is 12.6. The SMILES string of the molecule is CCNC(=O)c1ccc(CNC(=NC)NC(C)COC)cc1. The average Bonchev–Trinajstić information content (AvgIpc) is 2.52. The molecule has 1 rings (SSSR count). The van der Waals surface area contributed by atoms with Crippen molar-refractivity contribution in [2.75, 3.05) is 27.3 Å². The topological polar surface area (TPSA) is 74.8 Å². The fraction of sp³-hybridized carbons (Fsp3) is 0.500. The molecule has 0 aliphatic rings. The van der Waals surface area contributed by atoms with E-state index in [1.165, 1.54) is 0 Å². The molecule has 1 aromatic carbocycles. The van der Waals surface area contributed by atoms with Crippen molar-refractivity contribution < 1.29 is 9.53 Å². The molecule has 1 amide bonds. The Morgan fingerprint density at radius 2 is 1.95 bits per heavy atom. The molecule has 0 saturated heterocycles. The van der Waals surface area contributed by atoms with E-state index in [0.717, 1.165) is 11.5 Å². The second-order valence-corrected chi connectivity index (χ2v) is 4.98. The van der Waals surface area contributed by atoms with E-state index in [9.17, 15) is 4.79 Å². The zero-order chi connectivity index (χ0) is 16.4. The van der Waals surface area contributed by atoms with E-state index in [0.29, 0.717) is 25.3 Å². The van der Waals surface area contributed by atoms with Gasteiger partial charge in [0, 0.05) is 38.9 Å². The summed E-state index contributed by atoms with van der Waals surface area (Å²) in [6, 6.07) is 7.70. The number of nitrogens with one attached hydrogen (secondary N) is 3. The maximum atomic E-state index is 11.7. The lowest BCUT2D eigenvalue weighted by atomic mass is 10.1. The summed E-state index contributed by atoms with van der Waals surface area (Å²) >= 11 is 0. The van der Waals surface area contributed by atoms with Gasteiger partial charge in [0.2, 0.25) is 0 Å². The average molecular weight is 306 g/mol. The third kappa shape index (κ3) is 6.13. The number of amides is 1. The highest BCUT2D eigenvalue weighted by Crippen LogP contribution is 2.04. The largest absolute Gasteiger partial charge is 0.383 e. The number of nitrogens with zero attached hydrogens (tertiary/aromatic N) is 1. The number of benzene rings is 1. The summed E-state index contributed by atoms with van der Waals surface area (Å²) in [6.45, 7) is 5.80. The molecule has 0 radical (unpaired) electrons. The molecule has 0 aliphatic carbocycles. The summed E-state index contributed by atoms with van der Waals surface area (Å²) in [5.41, 5.74) is 1.75. The predicted molar refractivity (Wildman–Crippen MR) is 89.1 cm³/mol. The third-order valence-corrected chi connectivity index (χ3v) is 3.04. The van der Waals surface area contributed by atoms with E-state index < -0.39 is 0 Å².